The minimum absolute atomic E-state index is 0.115. The van der Waals surface area contributed by atoms with Crippen LogP contribution in [-0.4, -0.2) is 92.9 Å². The molecular formula is C39H50N8O7. The molecule has 1 saturated heterocycles. The second kappa shape index (κ2) is 17.4. The number of H-pyrrole nitrogens is 2. The number of likely N-dealkylation sites (tertiary alicyclic amines) is 1. The van der Waals surface area contributed by atoms with Crippen molar-refractivity contribution in [3.05, 3.63) is 72.6 Å². The molecule has 15 nitrogen and oxygen atoms in total. The molecule has 2 aromatic carbocycles. The number of hydrogen-bond donors (Lipinski definition) is 6. The summed E-state index contributed by atoms with van der Waals surface area (Å²) < 4.78 is 9.40. The summed E-state index contributed by atoms with van der Waals surface area (Å²) in [5.41, 5.74) is 5.36. The number of hydrogen-bond acceptors (Lipinski definition) is 9. The lowest BCUT2D eigenvalue weighted by Gasteiger charge is -2.30. The van der Waals surface area contributed by atoms with Crippen LogP contribution in [-0.2, 0) is 19.1 Å². The number of aliphatic hydroxyl groups is 1. The van der Waals surface area contributed by atoms with Crippen molar-refractivity contribution >= 4 is 24.0 Å². The number of carbonyl (C=O) groups is 4. The second-order valence-electron chi connectivity index (χ2n) is 14.2. The van der Waals surface area contributed by atoms with Crippen LogP contribution in [0.2, 0.25) is 0 Å². The first-order valence-electron chi connectivity index (χ1n) is 18.1. The van der Waals surface area contributed by atoms with Crippen LogP contribution < -0.4 is 16.0 Å². The van der Waals surface area contributed by atoms with E-state index in [2.05, 4.69) is 40.6 Å². The van der Waals surface area contributed by atoms with E-state index in [1.165, 1.54) is 14.2 Å². The lowest BCUT2D eigenvalue weighted by Crippen LogP contribution is -2.51. The SMILES string of the molecule is COC(=O)NC(C(=O)N[C@H](c1ncc(-c2ccc(-c3ccc(-c4cnc([C@@H]5CCCN5C(=O)[C@@H](NC(=O)OC)C(C)C)[nH]4)cc3)cc2)[nH]1)[C@@H](C)O)C(C)C. The Morgan fingerprint density at radius 3 is 1.76 bits per heavy atom. The van der Waals surface area contributed by atoms with Crippen molar-refractivity contribution in [1.82, 2.24) is 40.8 Å². The van der Waals surface area contributed by atoms with Gasteiger partial charge in [-0.3, -0.25) is 9.59 Å². The highest BCUT2D eigenvalue weighted by Crippen LogP contribution is 2.33. The van der Waals surface area contributed by atoms with Gasteiger partial charge in [-0.2, -0.15) is 0 Å². The van der Waals surface area contributed by atoms with Gasteiger partial charge in [0, 0.05) is 6.54 Å². The maximum atomic E-state index is 13.5. The summed E-state index contributed by atoms with van der Waals surface area (Å²) in [7, 11) is 2.51. The molecule has 6 N–H and O–H groups in total. The van der Waals surface area contributed by atoms with Gasteiger partial charge in [0.2, 0.25) is 11.8 Å². The zero-order chi connectivity index (χ0) is 39.1. The molecule has 4 amide bonds. The van der Waals surface area contributed by atoms with E-state index < -0.39 is 42.3 Å². The summed E-state index contributed by atoms with van der Waals surface area (Å²) in [5.74, 6) is 0.108. The fraction of sp³-hybridized carbons (Fsp3) is 0.436. The van der Waals surface area contributed by atoms with Gasteiger partial charge in [-0.15, -0.1) is 0 Å². The van der Waals surface area contributed by atoms with Crippen LogP contribution in [0.5, 0.6) is 0 Å². The second-order valence-corrected chi connectivity index (χ2v) is 14.2. The first-order valence-corrected chi connectivity index (χ1v) is 18.1. The van der Waals surface area contributed by atoms with E-state index >= 15 is 0 Å². The van der Waals surface area contributed by atoms with Crippen molar-refractivity contribution in [3.63, 3.8) is 0 Å². The summed E-state index contributed by atoms with van der Waals surface area (Å²) in [4.78, 5) is 67.8. The zero-order valence-corrected chi connectivity index (χ0v) is 31.7. The molecule has 0 saturated carbocycles. The zero-order valence-electron chi connectivity index (χ0n) is 31.7. The molecule has 2 aromatic heterocycles. The molecule has 5 rings (SSSR count). The Labute approximate surface area is 314 Å². The van der Waals surface area contributed by atoms with Crippen molar-refractivity contribution in [1.29, 1.82) is 0 Å². The van der Waals surface area contributed by atoms with E-state index in [1.54, 1.807) is 38.1 Å². The number of rotatable bonds is 13. The third-order valence-corrected chi connectivity index (χ3v) is 9.64. The van der Waals surface area contributed by atoms with E-state index in [-0.39, 0.29) is 23.8 Å². The van der Waals surface area contributed by atoms with Crippen LogP contribution in [0, 0.1) is 11.8 Å². The van der Waals surface area contributed by atoms with Crippen molar-refractivity contribution in [2.45, 2.75) is 77.7 Å². The highest BCUT2D eigenvalue weighted by Gasteiger charge is 2.37. The quantitative estimate of drug-likeness (QED) is 0.108. The normalized spacial score (nSPS) is 16.4. The van der Waals surface area contributed by atoms with Gasteiger partial charge in [0.1, 0.15) is 29.8 Å². The number of amides is 4. The number of alkyl carbamates (subject to hydrolysis) is 2. The molecule has 0 bridgehead atoms. The topological polar surface area (TPSA) is 204 Å². The van der Waals surface area contributed by atoms with E-state index in [0.717, 1.165) is 40.8 Å². The molecule has 3 heterocycles. The number of nitrogens with zero attached hydrogens (tertiary/aromatic N) is 3. The highest BCUT2D eigenvalue weighted by atomic mass is 16.5. The number of nitrogens with one attached hydrogen (secondary N) is 5. The van der Waals surface area contributed by atoms with Gasteiger partial charge in [0.05, 0.1) is 50.1 Å². The number of imidazole rings is 2. The van der Waals surface area contributed by atoms with Gasteiger partial charge in [0.25, 0.3) is 0 Å². The Morgan fingerprint density at radius 2 is 1.24 bits per heavy atom. The maximum Gasteiger partial charge on any atom is 0.407 e. The molecule has 1 unspecified atom stereocenters. The molecule has 5 atom stereocenters. The van der Waals surface area contributed by atoms with Crippen LogP contribution in [0.3, 0.4) is 0 Å². The van der Waals surface area contributed by atoms with Crippen molar-refractivity contribution in [2.24, 2.45) is 11.8 Å². The molecule has 0 aliphatic carbocycles. The molecule has 54 heavy (non-hydrogen) atoms. The number of carbonyl (C=O) groups excluding carboxylic acids is 4. The summed E-state index contributed by atoms with van der Waals surface area (Å²) in [5, 5.41) is 18.5. The van der Waals surface area contributed by atoms with E-state index in [1.807, 2.05) is 62.4 Å². The summed E-state index contributed by atoms with van der Waals surface area (Å²) in [6, 6.07) is 13.4. The van der Waals surface area contributed by atoms with Crippen LogP contribution in [0.4, 0.5) is 9.59 Å². The molecule has 4 aromatic rings. The Balaban J connectivity index is 1.25. The number of aromatic nitrogens is 4. The molecule has 1 aliphatic heterocycles. The predicted molar refractivity (Wildman–Crippen MR) is 202 cm³/mol. The van der Waals surface area contributed by atoms with Crippen molar-refractivity contribution < 1.29 is 33.8 Å². The Hall–Kier alpha value is -5.70. The maximum absolute atomic E-state index is 13.5. The Morgan fingerprint density at radius 1 is 0.741 bits per heavy atom. The predicted octanol–water partition coefficient (Wildman–Crippen LogP) is 5.10. The number of benzene rings is 2. The monoisotopic (exact) mass is 742 g/mol. The number of aromatic amines is 2. The largest absolute Gasteiger partial charge is 0.453 e. The third-order valence-electron chi connectivity index (χ3n) is 9.64. The lowest BCUT2D eigenvalue weighted by molar-refractivity contribution is -0.135. The van der Waals surface area contributed by atoms with Gasteiger partial charge in [-0.05, 0) is 53.9 Å². The van der Waals surface area contributed by atoms with Crippen molar-refractivity contribution in [3.8, 4) is 33.6 Å². The van der Waals surface area contributed by atoms with Gasteiger partial charge < -0.3 is 45.4 Å². The average Bonchev–Trinajstić information content (AvgIpc) is 3.96. The minimum Gasteiger partial charge on any atom is -0.453 e. The third kappa shape index (κ3) is 9.08. The minimum atomic E-state index is -0.974. The lowest BCUT2D eigenvalue weighted by atomic mass is 10.0. The van der Waals surface area contributed by atoms with Crippen LogP contribution in [0.15, 0.2) is 60.9 Å². The molecular weight excluding hydrogens is 692 g/mol. The molecule has 0 radical (unpaired) electrons. The van der Waals surface area contributed by atoms with Crippen molar-refractivity contribution in [2.75, 3.05) is 20.8 Å². The van der Waals surface area contributed by atoms with Crippen LogP contribution in [0.1, 0.15) is 71.2 Å². The first kappa shape index (κ1) is 39.5. The first-order chi connectivity index (χ1) is 25.8. The molecule has 1 aliphatic rings. The molecule has 1 fully saturated rings. The standard InChI is InChI=1S/C39H50N8O7/c1-21(2)31(45-38(51)53-6)36(49)44-33(23(5)48)35-41-20-29(43-35)27-16-12-25(13-17-27)24-10-14-26(15-11-24)28-19-40-34(42-28)30-9-8-18-47(30)37(50)32(22(3)4)46-39(52)54-7/h10-17,19-23,30-33,48H,8-9,18H2,1-7H3,(H,40,42)(H,41,43)(H,44,49)(H,45,51)(H,46,52)/t23-,30+,31?,32+,33+/m1/s1. The van der Waals surface area contributed by atoms with Gasteiger partial charge in [-0.25, -0.2) is 19.6 Å². The summed E-state index contributed by atoms with van der Waals surface area (Å²) in [6.07, 6.45) is 2.70. The highest BCUT2D eigenvalue weighted by molar-refractivity contribution is 5.87. The summed E-state index contributed by atoms with van der Waals surface area (Å²) >= 11 is 0. The number of aliphatic hydroxyl groups excluding tert-OH is 1. The van der Waals surface area contributed by atoms with Crippen LogP contribution in [0.25, 0.3) is 33.6 Å². The van der Waals surface area contributed by atoms with E-state index in [9.17, 15) is 24.3 Å². The average molecular weight is 743 g/mol. The molecule has 288 valence electrons. The number of methoxy groups -OCH3 is 2. The fourth-order valence-electron chi connectivity index (χ4n) is 6.55. The van der Waals surface area contributed by atoms with Gasteiger partial charge in [-0.1, -0.05) is 76.2 Å². The molecule has 15 heteroatoms. The summed E-state index contributed by atoms with van der Waals surface area (Å²) in [6.45, 7) is 9.51. The van der Waals surface area contributed by atoms with Crippen LogP contribution >= 0.6 is 0 Å². The van der Waals surface area contributed by atoms with Gasteiger partial charge >= 0.3 is 12.2 Å². The number of ether oxygens (including phenoxy) is 2. The smallest absolute Gasteiger partial charge is 0.407 e. The fourth-order valence-corrected chi connectivity index (χ4v) is 6.55. The van der Waals surface area contributed by atoms with E-state index in [4.69, 9.17) is 4.74 Å². The molecule has 0 spiro atoms. The van der Waals surface area contributed by atoms with Gasteiger partial charge in [0.15, 0.2) is 0 Å². The van der Waals surface area contributed by atoms with E-state index in [0.29, 0.717) is 23.9 Å². The Kier molecular flexibility index (Phi) is 12.7. The Bertz CT molecular complexity index is 1820.